The molecule has 0 aromatic heterocycles. The molecular formula is C12H22N2O3S. The third-order valence-corrected chi connectivity index (χ3v) is 4.31. The second-order valence-electron chi connectivity index (χ2n) is 4.51. The Balaban J connectivity index is 2.36. The quantitative estimate of drug-likeness (QED) is 0.696. The average Bonchev–Trinajstić information content (AvgIpc) is 2.71. The van der Waals surface area contributed by atoms with Crippen LogP contribution in [-0.4, -0.2) is 41.6 Å². The minimum Gasteiger partial charge on any atom is -0.465 e. The van der Waals surface area contributed by atoms with Crippen LogP contribution >= 0.6 is 11.8 Å². The molecule has 1 aliphatic carbocycles. The first-order valence-corrected chi connectivity index (χ1v) is 7.41. The molecule has 1 saturated carbocycles. The van der Waals surface area contributed by atoms with Gasteiger partial charge < -0.3 is 15.8 Å². The van der Waals surface area contributed by atoms with Gasteiger partial charge in [0, 0.05) is 11.8 Å². The third-order valence-electron chi connectivity index (χ3n) is 3.01. The van der Waals surface area contributed by atoms with E-state index in [-0.39, 0.29) is 17.1 Å². The Morgan fingerprint density at radius 2 is 2.22 bits per heavy atom. The van der Waals surface area contributed by atoms with E-state index >= 15 is 0 Å². The van der Waals surface area contributed by atoms with Gasteiger partial charge in [-0.05, 0) is 33.1 Å². The molecule has 5 nitrogen and oxygen atoms in total. The number of carbonyl (C=O) groups excluding carboxylic acids is 2. The van der Waals surface area contributed by atoms with Crippen LogP contribution in [-0.2, 0) is 14.3 Å². The number of carbonyl (C=O) groups is 2. The van der Waals surface area contributed by atoms with E-state index in [0.29, 0.717) is 31.7 Å². The topological polar surface area (TPSA) is 81.4 Å². The van der Waals surface area contributed by atoms with Crippen LogP contribution < -0.4 is 11.1 Å². The fraction of sp³-hybridized carbons (Fsp3) is 0.833. The predicted molar refractivity (Wildman–Crippen MR) is 72.3 cm³/mol. The van der Waals surface area contributed by atoms with Crippen LogP contribution in [0.5, 0.6) is 0 Å². The Kier molecular flexibility index (Phi) is 5.95. The number of rotatable bonds is 6. The summed E-state index contributed by atoms with van der Waals surface area (Å²) in [6.07, 6.45) is 2.09. The molecule has 1 fully saturated rings. The lowest BCUT2D eigenvalue weighted by molar-refractivity contribution is -0.149. The number of esters is 1. The highest BCUT2D eigenvalue weighted by Gasteiger charge is 2.43. The minimum absolute atomic E-state index is 0.0353. The van der Waals surface area contributed by atoms with E-state index in [1.54, 1.807) is 18.7 Å². The van der Waals surface area contributed by atoms with Crippen LogP contribution in [0.4, 0.5) is 0 Å². The molecule has 2 atom stereocenters. The molecule has 6 heteroatoms. The second kappa shape index (κ2) is 6.99. The standard InChI is InChI=1S/C12H22N2O3S/c1-3-14-10(15)8-18-9-5-6-12(13,7-9)11(16)17-4-2/h9H,3-8,13H2,1-2H3,(H,14,15). The Bertz CT molecular complexity index is 312. The molecule has 18 heavy (non-hydrogen) atoms. The number of nitrogens with two attached hydrogens (primary N) is 1. The van der Waals surface area contributed by atoms with E-state index in [0.717, 1.165) is 6.42 Å². The molecule has 0 aromatic rings. The Morgan fingerprint density at radius 3 is 2.83 bits per heavy atom. The van der Waals surface area contributed by atoms with Crippen LogP contribution in [0.15, 0.2) is 0 Å². The van der Waals surface area contributed by atoms with Crippen molar-refractivity contribution in [3.8, 4) is 0 Å². The van der Waals surface area contributed by atoms with Gasteiger partial charge in [-0.25, -0.2) is 0 Å². The van der Waals surface area contributed by atoms with Gasteiger partial charge in [0.2, 0.25) is 5.91 Å². The van der Waals surface area contributed by atoms with Gasteiger partial charge in [0.25, 0.3) is 0 Å². The number of hydrogen-bond acceptors (Lipinski definition) is 5. The van der Waals surface area contributed by atoms with E-state index in [1.807, 2.05) is 6.92 Å². The van der Waals surface area contributed by atoms with Crippen molar-refractivity contribution < 1.29 is 14.3 Å². The summed E-state index contributed by atoms with van der Waals surface area (Å²) in [5.74, 6) is 0.150. The van der Waals surface area contributed by atoms with E-state index < -0.39 is 5.54 Å². The summed E-state index contributed by atoms with van der Waals surface area (Å²) in [6.45, 7) is 4.67. The van der Waals surface area contributed by atoms with Crippen molar-refractivity contribution in [3.05, 3.63) is 0 Å². The van der Waals surface area contributed by atoms with E-state index in [2.05, 4.69) is 5.32 Å². The van der Waals surface area contributed by atoms with Gasteiger partial charge >= 0.3 is 5.97 Å². The zero-order valence-electron chi connectivity index (χ0n) is 11.0. The molecule has 3 N–H and O–H groups in total. The first-order chi connectivity index (χ1) is 8.51. The number of hydrogen-bond donors (Lipinski definition) is 2. The lowest BCUT2D eigenvalue weighted by Gasteiger charge is -2.21. The van der Waals surface area contributed by atoms with Gasteiger partial charge in [0.05, 0.1) is 12.4 Å². The maximum atomic E-state index is 11.7. The van der Waals surface area contributed by atoms with Crippen molar-refractivity contribution in [2.45, 2.75) is 43.9 Å². The predicted octanol–water partition coefficient (Wildman–Crippen LogP) is 0.669. The van der Waals surface area contributed by atoms with Gasteiger partial charge in [0.1, 0.15) is 5.54 Å². The van der Waals surface area contributed by atoms with Gasteiger partial charge in [0.15, 0.2) is 0 Å². The average molecular weight is 274 g/mol. The second-order valence-corrected chi connectivity index (χ2v) is 5.79. The number of thioether (sulfide) groups is 1. The first kappa shape index (κ1) is 15.3. The molecular weight excluding hydrogens is 252 g/mol. The number of nitrogens with one attached hydrogen (secondary N) is 1. The molecule has 0 bridgehead atoms. The zero-order chi connectivity index (χ0) is 13.6. The normalized spacial score (nSPS) is 26.9. The third kappa shape index (κ3) is 4.17. The molecule has 1 amide bonds. The van der Waals surface area contributed by atoms with Crippen molar-refractivity contribution in [2.24, 2.45) is 5.73 Å². The maximum absolute atomic E-state index is 11.7. The largest absolute Gasteiger partial charge is 0.465 e. The summed E-state index contributed by atoms with van der Waals surface area (Å²) in [7, 11) is 0. The Hall–Kier alpha value is -0.750. The summed E-state index contributed by atoms with van der Waals surface area (Å²) in [5, 5.41) is 3.02. The van der Waals surface area contributed by atoms with Gasteiger partial charge in [-0.15, -0.1) is 11.8 Å². The molecule has 1 rings (SSSR count). The fourth-order valence-electron chi connectivity index (χ4n) is 2.07. The van der Waals surface area contributed by atoms with Crippen molar-refractivity contribution >= 4 is 23.6 Å². The van der Waals surface area contributed by atoms with E-state index in [1.165, 1.54) is 0 Å². The van der Waals surface area contributed by atoms with Crippen LogP contribution in [0, 0.1) is 0 Å². The molecule has 104 valence electrons. The fourth-order valence-corrected chi connectivity index (χ4v) is 3.26. The first-order valence-electron chi connectivity index (χ1n) is 6.36. The van der Waals surface area contributed by atoms with Crippen molar-refractivity contribution in [1.29, 1.82) is 0 Å². The molecule has 0 radical (unpaired) electrons. The molecule has 0 aliphatic heterocycles. The van der Waals surface area contributed by atoms with E-state index in [9.17, 15) is 9.59 Å². The van der Waals surface area contributed by atoms with Crippen LogP contribution in [0.3, 0.4) is 0 Å². The summed E-state index contributed by atoms with van der Waals surface area (Å²) in [5.41, 5.74) is 5.20. The van der Waals surface area contributed by atoms with Crippen LogP contribution in [0.1, 0.15) is 33.1 Å². The zero-order valence-corrected chi connectivity index (χ0v) is 11.8. The van der Waals surface area contributed by atoms with Gasteiger partial charge in [-0.2, -0.15) is 0 Å². The lowest BCUT2D eigenvalue weighted by atomic mass is 10.00. The minimum atomic E-state index is -0.852. The molecule has 0 heterocycles. The summed E-state index contributed by atoms with van der Waals surface area (Å²) < 4.78 is 4.99. The molecule has 0 spiro atoms. The van der Waals surface area contributed by atoms with Gasteiger partial charge in [-0.3, -0.25) is 9.59 Å². The van der Waals surface area contributed by atoms with Gasteiger partial charge in [-0.1, -0.05) is 0 Å². The summed E-state index contributed by atoms with van der Waals surface area (Å²) in [4.78, 5) is 23.1. The molecule has 1 aliphatic rings. The van der Waals surface area contributed by atoms with Crippen LogP contribution in [0.25, 0.3) is 0 Å². The SMILES string of the molecule is CCNC(=O)CSC1CCC(N)(C(=O)OCC)C1. The smallest absolute Gasteiger partial charge is 0.326 e. The van der Waals surface area contributed by atoms with Crippen molar-refractivity contribution in [1.82, 2.24) is 5.32 Å². The van der Waals surface area contributed by atoms with E-state index in [4.69, 9.17) is 10.5 Å². The number of ether oxygens (including phenoxy) is 1. The van der Waals surface area contributed by atoms with Crippen molar-refractivity contribution in [2.75, 3.05) is 18.9 Å². The Morgan fingerprint density at radius 1 is 1.50 bits per heavy atom. The monoisotopic (exact) mass is 274 g/mol. The van der Waals surface area contributed by atoms with Crippen LogP contribution in [0.2, 0.25) is 0 Å². The summed E-state index contributed by atoms with van der Waals surface area (Å²) in [6, 6.07) is 0. The highest BCUT2D eigenvalue weighted by Crippen LogP contribution is 2.36. The Labute approximate surface area is 112 Å². The molecule has 2 unspecified atom stereocenters. The summed E-state index contributed by atoms with van der Waals surface area (Å²) >= 11 is 1.57. The highest BCUT2D eigenvalue weighted by atomic mass is 32.2. The lowest BCUT2D eigenvalue weighted by Crippen LogP contribution is -2.47. The maximum Gasteiger partial charge on any atom is 0.326 e. The number of amides is 1. The van der Waals surface area contributed by atoms with Crippen molar-refractivity contribution in [3.63, 3.8) is 0 Å². The highest BCUT2D eigenvalue weighted by molar-refractivity contribution is 8.00. The molecule has 0 aromatic carbocycles. The molecule has 0 saturated heterocycles.